The fourth-order valence-corrected chi connectivity index (χ4v) is 2.03. The average molecular weight is 221 g/mol. The molecular formula is C15H13N2. The lowest BCUT2D eigenvalue weighted by Gasteiger charge is -2.04. The highest BCUT2D eigenvalue weighted by molar-refractivity contribution is 5.79. The molecule has 1 radical (unpaired) electrons. The third-order valence-corrected chi connectivity index (χ3v) is 2.92. The second-order valence-electron chi connectivity index (χ2n) is 4.06. The van der Waals surface area contributed by atoms with Gasteiger partial charge < -0.3 is 4.57 Å². The van der Waals surface area contributed by atoms with E-state index in [1.165, 1.54) is 10.9 Å². The van der Waals surface area contributed by atoms with E-state index in [0.717, 1.165) is 18.7 Å². The highest BCUT2D eigenvalue weighted by atomic mass is 14.9. The fraction of sp³-hybridized carbons (Fsp3) is 0.133. The molecule has 3 aromatic rings. The van der Waals surface area contributed by atoms with E-state index in [2.05, 4.69) is 39.9 Å². The van der Waals surface area contributed by atoms with E-state index in [4.69, 9.17) is 0 Å². The monoisotopic (exact) mass is 221 g/mol. The highest BCUT2D eigenvalue weighted by Gasteiger charge is 2.00. The van der Waals surface area contributed by atoms with E-state index >= 15 is 0 Å². The first-order chi connectivity index (χ1) is 8.43. The summed E-state index contributed by atoms with van der Waals surface area (Å²) in [4.78, 5) is 4.33. The van der Waals surface area contributed by atoms with Crippen LogP contribution >= 0.6 is 0 Å². The van der Waals surface area contributed by atoms with Crippen LogP contribution in [0, 0.1) is 6.07 Å². The predicted molar refractivity (Wildman–Crippen MR) is 68.7 cm³/mol. The Kier molecular flexibility index (Phi) is 2.62. The third kappa shape index (κ3) is 2.07. The Labute approximate surface area is 101 Å². The Hall–Kier alpha value is -2.09. The summed E-state index contributed by atoms with van der Waals surface area (Å²) >= 11 is 0. The second-order valence-corrected chi connectivity index (χ2v) is 4.06. The van der Waals surface area contributed by atoms with Crippen molar-refractivity contribution in [2.45, 2.75) is 13.0 Å². The number of aromatic nitrogens is 2. The number of nitrogens with zero attached hydrogens (tertiary/aromatic N) is 2. The van der Waals surface area contributed by atoms with Gasteiger partial charge in [0, 0.05) is 48.0 Å². The maximum Gasteiger partial charge on any atom is 0.0486 e. The van der Waals surface area contributed by atoms with Crippen molar-refractivity contribution >= 4 is 10.9 Å². The molecular weight excluding hydrogens is 208 g/mol. The molecule has 0 atom stereocenters. The molecule has 0 N–H and O–H groups in total. The van der Waals surface area contributed by atoms with E-state index in [0.29, 0.717) is 0 Å². The zero-order valence-corrected chi connectivity index (χ0v) is 9.50. The van der Waals surface area contributed by atoms with Crippen LogP contribution in [-0.4, -0.2) is 9.55 Å². The quantitative estimate of drug-likeness (QED) is 0.664. The lowest BCUT2D eigenvalue weighted by atomic mass is 10.2. The molecule has 0 saturated heterocycles. The standard InChI is InChI=1S/C15H13N2/c1-2-7-15-13(5-1)8-11-17(15)12-9-14-6-3-4-10-16-14/h1-7,10-11H,9,12H2. The van der Waals surface area contributed by atoms with Crippen LogP contribution in [0.5, 0.6) is 0 Å². The first kappa shape index (κ1) is 10.1. The molecule has 0 aliphatic heterocycles. The Morgan fingerprint density at radius 3 is 2.82 bits per heavy atom. The normalized spacial score (nSPS) is 10.8. The van der Waals surface area contributed by atoms with Crippen LogP contribution in [0.3, 0.4) is 0 Å². The van der Waals surface area contributed by atoms with Crippen LogP contribution < -0.4 is 0 Å². The summed E-state index contributed by atoms with van der Waals surface area (Å²) in [6.45, 7) is 0.945. The lowest BCUT2D eigenvalue weighted by Crippen LogP contribution is -2.00. The number of benzene rings is 1. The van der Waals surface area contributed by atoms with Crippen molar-refractivity contribution in [1.29, 1.82) is 0 Å². The Morgan fingerprint density at radius 2 is 1.94 bits per heavy atom. The SMILES string of the molecule is [c]1cn(CCc2ccccn2)c2ccccc12. The summed E-state index contributed by atoms with van der Waals surface area (Å²) in [6, 6.07) is 17.6. The van der Waals surface area contributed by atoms with Crippen molar-refractivity contribution in [3.63, 3.8) is 0 Å². The van der Waals surface area contributed by atoms with Crippen LogP contribution in [0.1, 0.15) is 5.69 Å². The number of aryl methyl sites for hydroxylation is 2. The van der Waals surface area contributed by atoms with Crippen molar-refractivity contribution in [2.24, 2.45) is 0 Å². The van der Waals surface area contributed by atoms with Crippen molar-refractivity contribution in [3.8, 4) is 0 Å². The molecule has 0 bridgehead atoms. The summed E-state index contributed by atoms with van der Waals surface area (Å²) < 4.78 is 2.23. The molecule has 17 heavy (non-hydrogen) atoms. The topological polar surface area (TPSA) is 17.8 Å². The molecule has 2 heterocycles. The van der Waals surface area contributed by atoms with Gasteiger partial charge in [0.2, 0.25) is 0 Å². The molecule has 0 spiro atoms. The molecule has 2 heteroatoms. The van der Waals surface area contributed by atoms with Gasteiger partial charge in [-0.25, -0.2) is 0 Å². The van der Waals surface area contributed by atoms with Crippen LogP contribution in [0.4, 0.5) is 0 Å². The summed E-state index contributed by atoms with van der Waals surface area (Å²) in [6.07, 6.45) is 4.82. The van der Waals surface area contributed by atoms with E-state index in [-0.39, 0.29) is 0 Å². The molecule has 1 aromatic carbocycles. The molecule has 83 valence electrons. The molecule has 0 aliphatic rings. The molecule has 3 rings (SSSR count). The maximum atomic E-state index is 4.33. The summed E-state index contributed by atoms with van der Waals surface area (Å²) in [5.74, 6) is 0. The van der Waals surface area contributed by atoms with Crippen LogP contribution in [0.25, 0.3) is 10.9 Å². The van der Waals surface area contributed by atoms with Crippen LogP contribution in [0.15, 0.2) is 54.9 Å². The van der Waals surface area contributed by atoms with Gasteiger partial charge in [0.05, 0.1) is 0 Å². The zero-order valence-electron chi connectivity index (χ0n) is 9.50. The predicted octanol–water partition coefficient (Wildman–Crippen LogP) is 3.08. The first-order valence-electron chi connectivity index (χ1n) is 5.79. The fourth-order valence-electron chi connectivity index (χ4n) is 2.03. The van der Waals surface area contributed by atoms with E-state index < -0.39 is 0 Å². The van der Waals surface area contributed by atoms with Gasteiger partial charge in [-0.2, -0.15) is 0 Å². The van der Waals surface area contributed by atoms with E-state index in [1.807, 2.05) is 30.6 Å². The smallest absolute Gasteiger partial charge is 0.0486 e. The number of pyridine rings is 1. The number of para-hydroxylation sites is 1. The number of fused-ring (bicyclic) bond motifs is 1. The minimum atomic E-state index is 0.945. The Morgan fingerprint density at radius 1 is 1.06 bits per heavy atom. The summed E-state index contributed by atoms with van der Waals surface area (Å²) in [5.41, 5.74) is 2.37. The Balaban J connectivity index is 1.82. The third-order valence-electron chi connectivity index (χ3n) is 2.92. The van der Waals surface area contributed by atoms with E-state index in [1.54, 1.807) is 0 Å². The average Bonchev–Trinajstić information content (AvgIpc) is 2.81. The van der Waals surface area contributed by atoms with Gasteiger partial charge in [0.1, 0.15) is 0 Å². The van der Waals surface area contributed by atoms with Crippen molar-refractivity contribution < 1.29 is 0 Å². The first-order valence-corrected chi connectivity index (χ1v) is 5.79. The highest BCUT2D eigenvalue weighted by Crippen LogP contribution is 2.14. The van der Waals surface area contributed by atoms with E-state index in [9.17, 15) is 0 Å². The molecule has 0 amide bonds. The number of hydrogen-bond acceptors (Lipinski definition) is 1. The summed E-state index contributed by atoms with van der Waals surface area (Å²) in [7, 11) is 0. The number of rotatable bonds is 3. The molecule has 0 aliphatic carbocycles. The molecule has 0 saturated carbocycles. The van der Waals surface area contributed by atoms with Crippen molar-refractivity contribution in [2.75, 3.05) is 0 Å². The van der Waals surface area contributed by atoms with Crippen LogP contribution in [0.2, 0.25) is 0 Å². The van der Waals surface area contributed by atoms with Gasteiger partial charge in [-0.3, -0.25) is 4.98 Å². The molecule has 0 fully saturated rings. The molecule has 2 nitrogen and oxygen atoms in total. The van der Waals surface area contributed by atoms with Gasteiger partial charge >= 0.3 is 0 Å². The molecule has 0 unspecified atom stereocenters. The van der Waals surface area contributed by atoms with Crippen molar-refractivity contribution in [1.82, 2.24) is 9.55 Å². The van der Waals surface area contributed by atoms with Gasteiger partial charge in [0.25, 0.3) is 0 Å². The van der Waals surface area contributed by atoms with Gasteiger partial charge in [0.15, 0.2) is 0 Å². The minimum absolute atomic E-state index is 0.945. The lowest BCUT2D eigenvalue weighted by molar-refractivity contribution is 0.710. The van der Waals surface area contributed by atoms with Gasteiger partial charge in [-0.05, 0) is 18.2 Å². The molecule has 2 aromatic heterocycles. The zero-order chi connectivity index (χ0) is 11.5. The Bertz CT molecular complexity index is 611. The van der Waals surface area contributed by atoms with Crippen molar-refractivity contribution in [3.05, 3.63) is 66.6 Å². The van der Waals surface area contributed by atoms with Crippen LogP contribution in [-0.2, 0) is 13.0 Å². The van der Waals surface area contributed by atoms with Gasteiger partial charge in [-0.15, -0.1) is 0 Å². The minimum Gasteiger partial charge on any atom is -0.346 e. The maximum absolute atomic E-state index is 4.33. The summed E-state index contributed by atoms with van der Waals surface area (Å²) in [5, 5.41) is 1.17. The van der Waals surface area contributed by atoms with Gasteiger partial charge in [-0.1, -0.05) is 24.3 Å². The largest absolute Gasteiger partial charge is 0.346 e. The number of hydrogen-bond donors (Lipinski definition) is 0. The second kappa shape index (κ2) is 4.42.